The van der Waals surface area contributed by atoms with E-state index in [4.69, 9.17) is 0 Å². The number of halogens is 10. The maximum absolute atomic E-state index is 15.0. The second kappa shape index (κ2) is 12.9. The van der Waals surface area contributed by atoms with Crippen LogP contribution < -0.4 is 10.1 Å². The molecule has 1 unspecified atom stereocenters. The third-order valence-corrected chi connectivity index (χ3v) is 7.29. The quantitative estimate of drug-likeness (QED) is 0.133. The predicted molar refractivity (Wildman–Crippen MR) is 147 cm³/mol. The highest BCUT2D eigenvalue weighted by Gasteiger charge is 2.45. The second-order valence-corrected chi connectivity index (χ2v) is 10.2. The van der Waals surface area contributed by atoms with E-state index in [0.717, 1.165) is 23.8 Å². The Labute approximate surface area is 253 Å². The average Bonchev–Trinajstić information content (AvgIpc) is 2.96. The van der Waals surface area contributed by atoms with Crippen molar-refractivity contribution in [2.24, 2.45) is 0 Å². The topological polar surface area (TPSA) is 38.3 Å². The number of nitrogens with one attached hydrogen (secondary N) is 1. The molecule has 232 valence electrons. The molecule has 0 aliphatic carbocycles. The largest absolute Gasteiger partial charge is 0.461 e. The zero-order valence-electron chi connectivity index (χ0n) is 22.2. The number of rotatable bonds is 10. The molecule has 3 nitrogen and oxygen atoms in total. The smallest absolute Gasteiger partial charge is 0.428 e. The number of hydrogen-bond donors (Lipinski definition) is 1. The van der Waals surface area contributed by atoms with Crippen molar-refractivity contribution in [1.82, 2.24) is 5.32 Å². The van der Waals surface area contributed by atoms with Crippen LogP contribution in [0.1, 0.15) is 38.2 Å². The van der Waals surface area contributed by atoms with Gasteiger partial charge in [-0.15, -0.1) is 0 Å². The fourth-order valence-corrected chi connectivity index (χ4v) is 4.93. The van der Waals surface area contributed by atoms with Crippen molar-refractivity contribution >= 4 is 21.8 Å². The highest BCUT2D eigenvalue weighted by atomic mass is 79.9. The lowest BCUT2D eigenvalue weighted by molar-refractivity contribution is -0.253. The van der Waals surface area contributed by atoms with Crippen LogP contribution >= 0.6 is 15.9 Å². The third kappa shape index (κ3) is 7.37. The summed E-state index contributed by atoms with van der Waals surface area (Å²) in [7, 11) is 0. The number of amides is 1. The highest BCUT2D eigenvalue weighted by molar-refractivity contribution is 9.08. The van der Waals surface area contributed by atoms with Crippen LogP contribution in [-0.4, -0.2) is 18.4 Å². The lowest BCUT2D eigenvalue weighted by atomic mass is 9.77. The Hall–Kier alpha value is -4.00. The van der Waals surface area contributed by atoms with Gasteiger partial charge in [0.15, 0.2) is 0 Å². The van der Waals surface area contributed by atoms with Crippen LogP contribution in [0.25, 0.3) is 0 Å². The van der Waals surface area contributed by atoms with Gasteiger partial charge in [0, 0.05) is 23.4 Å². The first-order valence-electron chi connectivity index (χ1n) is 12.7. The number of carbonyl (C=O) groups is 1. The Kier molecular flexibility index (Phi) is 9.67. The summed E-state index contributed by atoms with van der Waals surface area (Å²) >= 11 is 3.30. The van der Waals surface area contributed by atoms with E-state index in [2.05, 4.69) is 26.0 Å². The van der Waals surface area contributed by atoms with E-state index in [9.17, 15) is 44.3 Å². The van der Waals surface area contributed by atoms with Crippen LogP contribution in [-0.2, 0) is 23.5 Å². The van der Waals surface area contributed by atoms with Gasteiger partial charge >= 0.3 is 18.7 Å². The summed E-state index contributed by atoms with van der Waals surface area (Å²) in [4.78, 5) is 13.6. The normalized spacial score (nSPS) is 13.4. The van der Waals surface area contributed by atoms with Gasteiger partial charge in [-0.2, -0.15) is 30.7 Å². The van der Waals surface area contributed by atoms with Crippen molar-refractivity contribution in [3.05, 3.63) is 136 Å². The molecule has 0 aliphatic heterocycles. The first kappa shape index (κ1) is 32.9. The van der Waals surface area contributed by atoms with E-state index >= 15 is 0 Å². The van der Waals surface area contributed by atoms with E-state index in [1.165, 1.54) is 12.1 Å². The number of alkyl halides is 8. The van der Waals surface area contributed by atoms with Gasteiger partial charge in [0.05, 0.1) is 11.1 Å². The van der Waals surface area contributed by atoms with Crippen molar-refractivity contribution in [2.75, 3.05) is 0 Å². The van der Waals surface area contributed by atoms with E-state index < -0.39 is 58.7 Å². The lowest BCUT2D eigenvalue weighted by Crippen LogP contribution is -2.48. The van der Waals surface area contributed by atoms with Gasteiger partial charge in [0.25, 0.3) is 5.91 Å². The lowest BCUT2D eigenvalue weighted by Gasteiger charge is -2.37. The summed E-state index contributed by atoms with van der Waals surface area (Å²) in [5.74, 6) is -5.00. The maximum Gasteiger partial charge on any atom is 0.461 e. The first-order valence-corrected chi connectivity index (χ1v) is 13.8. The van der Waals surface area contributed by atoms with Gasteiger partial charge < -0.3 is 10.1 Å². The fraction of sp³-hybridized carbons (Fsp3) is 0.194. The summed E-state index contributed by atoms with van der Waals surface area (Å²) in [6, 6.07) is 18.2. The highest BCUT2D eigenvalue weighted by Crippen LogP contribution is 2.39. The molecule has 0 saturated carbocycles. The van der Waals surface area contributed by atoms with E-state index in [-0.39, 0.29) is 17.5 Å². The van der Waals surface area contributed by atoms with Crippen molar-refractivity contribution in [1.29, 1.82) is 0 Å². The predicted octanol–water partition coefficient (Wildman–Crippen LogP) is 9.03. The van der Waals surface area contributed by atoms with Crippen molar-refractivity contribution < 1.29 is 49.0 Å². The molecule has 0 aromatic heterocycles. The molecule has 13 heteroatoms. The molecule has 0 aliphatic rings. The van der Waals surface area contributed by atoms with E-state index in [0.29, 0.717) is 29.1 Å². The minimum atomic E-state index is -5.14. The monoisotopic (exact) mass is 689 g/mol. The molecule has 44 heavy (non-hydrogen) atoms. The minimum Gasteiger partial charge on any atom is -0.428 e. The molecule has 1 amide bonds. The SMILES string of the molecule is O=C(NC(Cc1ccccc1)(c1ccc(CBr)cc1)c1cc(F)cc(OC(F)(F)C(F)F)c1)c1ccc(F)c(C(F)(F)F)c1. The summed E-state index contributed by atoms with van der Waals surface area (Å²) < 4.78 is 127. The van der Waals surface area contributed by atoms with E-state index in [1.807, 2.05) is 0 Å². The zero-order valence-corrected chi connectivity index (χ0v) is 23.8. The molecule has 0 fully saturated rings. The minimum absolute atomic E-state index is 0.217. The molecule has 4 rings (SSSR count). The van der Waals surface area contributed by atoms with Crippen LogP contribution in [0, 0.1) is 11.6 Å². The van der Waals surface area contributed by atoms with Crippen LogP contribution in [0.4, 0.5) is 39.5 Å². The van der Waals surface area contributed by atoms with Gasteiger partial charge in [0.1, 0.15) is 17.4 Å². The van der Waals surface area contributed by atoms with Gasteiger partial charge in [-0.1, -0.05) is 70.5 Å². The van der Waals surface area contributed by atoms with Crippen molar-refractivity contribution in [3.8, 4) is 5.75 Å². The summed E-state index contributed by atoms with van der Waals surface area (Å²) in [5, 5.41) is 3.01. The zero-order chi connectivity index (χ0) is 32.3. The summed E-state index contributed by atoms with van der Waals surface area (Å²) in [6.45, 7) is 0. The molecule has 4 aromatic carbocycles. The van der Waals surface area contributed by atoms with Crippen LogP contribution in [0.5, 0.6) is 5.75 Å². The first-order chi connectivity index (χ1) is 20.6. The molecule has 0 radical (unpaired) electrons. The number of ether oxygens (including phenoxy) is 1. The molecular weight excluding hydrogens is 669 g/mol. The molecule has 4 aromatic rings. The number of benzene rings is 4. The Morgan fingerprint density at radius 1 is 0.795 bits per heavy atom. The van der Waals surface area contributed by atoms with Crippen molar-refractivity contribution in [3.63, 3.8) is 0 Å². The Morgan fingerprint density at radius 2 is 1.45 bits per heavy atom. The van der Waals surface area contributed by atoms with Crippen LogP contribution in [0.2, 0.25) is 0 Å². The standard InChI is InChI=1S/C31H21BrF9NO2/c32-17-19-6-9-21(10-7-19)29(16-18-4-2-1-3-5-18,22-13-23(33)15-24(14-22)44-31(40,41)28(35)36)42-27(43)20-8-11-26(34)25(12-20)30(37,38)39/h1-15,28H,16-17H2,(H,42,43). The summed E-state index contributed by atoms with van der Waals surface area (Å²) in [5.41, 5.74) is -3.05. The van der Waals surface area contributed by atoms with Gasteiger partial charge in [-0.25, -0.2) is 8.78 Å². The maximum atomic E-state index is 15.0. The van der Waals surface area contributed by atoms with Gasteiger partial charge in [-0.05, 0) is 52.6 Å². The summed E-state index contributed by atoms with van der Waals surface area (Å²) in [6.07, 6.45) is -14.6. The number of carbonyl (C=O) groups excluding carboxylic acids is 1. The second-order valence-electron chi connectivity index (χ2n) is 9.68. The molecule has 0 saturated heterocycles. The van der Waals surface area contributed by atoms with Crippen molar-refractivity contribution in [2.45, 2.75) is 36.0 Å². The fourth-order valence-electron chi connectivity index (χ4n) is 4.56. The Bertz CT molecular complexity index is 1610. The Balaban J connectivity index is 1.96. The molecule has 0 heterocycles. The molecule has 0 bridgehead atoms. The van der Waals surface area contributed by atoms with Gasteiger partial charge in [-0.3, -0.25) is 4.79 Å². The average molecular weight is 690 g/mol. The molecule has 0 spiro atoms. The van der Waals surface area contributed by atoms with Crippen LogP contribution in [0.3, 0.4) is 0 Å². The molecule has 1 atom stereocenters. The van der Waals surface area contributed by atoms with Gasteiger partial charge in [0.2, 0.25) is 0 Å². The third-order valence-electron chi connectivity index (χ3n) is 6.65. The van der Waals surface area contributed by atoms with E-state index in [1.54, 1.807) is 42.5 Å². The Morgan fingerprint density at radius 3 is 2.05 bits per heavy atom. The molecule has 1 N–H and O–H groups in total. The van der Waals surface area contributed by atoms with Crippen LogP contribution in [0.15, 0.2) is 91.0 Å². The number of hydrogen-bond acceptors (Lipinski definition) is 2. The molecular formula is C31H21BrF9NO2.